The molecule has 0 amide bonds. The van der Waals surface area contributed by atoms with Gasteiger partial charge in [0.2, 0.25) is 0 Å². The van der Waals surface area contributed by atoms with Crippen molar-refractivity contribution in [2.75, 3.05) is 0 Å². The molecule has 88 valence electrons. The smallest absolute Gasteiger partial charge is 0.336 e. The second-order valence-electron chi connectivity index (χ2n) is 4.52. The van der Waals surface area contributed by atoms with Gasteiger partial charge in [-0.05, 0) is 37.5 Å². The van der Waals surface area contributed by atoms with Crippen molar-refractivity contribution < 1.29 is 15.0 Å². The molecule has 0 aliphatic carbocycles. The lowest BCUT2D eigenvalue weighted by Gasteiger charge is -2.26. The molecule has 3 heteroatoms. The van der Waals surface area contributed by atoms with Gasteiger partial charge in [-0.1, -0.05) is 25.1 Å². The van der Waals surface area contributed by atoms with Gasteiger partial charge in [-0.25, -0.2) is 4.79 Å². The zero-order chi connectivity index (χ0) is 12.5. The maximum Gasteiger partial charge on any atom is 0.336 e. The van der Waals surface area contributed by atoms with E-state index in [4.69, 9.17) is 5.11 Å². The number of hydrogen-bond acceptors (Lipinski definition) is 2. The van der Waals surface area contributed by atoms with Gasteiger partial charge in [-0.3, -0.25) is 0 Å². The molecule has 2 atom stereocenters. The quantitative estimate of drug-likeness (QED) is 0.824. The molecular formula is C13H18O3. The number of benzene rings is 1. The molecule has 3 nitrogen and oxygen atoms in total. The summed E-state index contributed by atoms with van der Waals surface area (Å²) in [6, 6.07) is 5.74. The summed E-state index contributed by atoms with van der Waals surface area (Å²) in [5.74, 6) is -1.64. The SMILES string of the molecule is Cc1ccc(C(C)C(C)(O)C(=O)O)cc1C. The summed E-state index contributed by atoms with van der Waals surface area (Å²) in [6.45, 7) is 7.02. The van der Waals surface area contributed by atoms with Crippen molar-refractivity contribution in [3.8, 4) is 0 Å². The van der Waals surface area contributed by atoms with Gasteiger partial charge in [0, 0.05) is 5.92 Å². The molecular weight excluding hydrogens is 204 g/mol. The second-order valence-corrected chi connectivity index (χ2v) is 4.52. The Hall–Kier alpha value is -1.35. The molecule has 0 radical (unpaired) electrons. The third-order valence-electron chi connectivity index (χ3n) is 3.31. The lowest BCUT2D eigenvalue weighted by atomic mass is 9.84. The van der Waals surface area contributed by atoms with E-state index in [0.29, 0.717) is 0 Å². The third kappa shape index (κ3) is 2.25. The fourth-order valence-corrected chi connectivity index (χ4v) is 1.54. The predicted molar refractivity (Wildman–Crippen MR) is 62.6 cm³/mol. The summed E-state index contributed by atoms with van der Waals surface area (Å²) in [6.07, 6.45) is 0. The molecule has 0 spiro atoms. The van der Waals surface area contributed by atoms with Gasteiger partial charge in [0.1, 0.15) is 0 Å². The van der Waals surface area contributed by atoms with Crippen molar-refractivity contribution in [3.05, 3.63) is 34.9 Å². The summed E-state index contributed by atoms with van der Waals surface area (Å²) in [4.78, 5) is 10.9. The van der Waals surface area contributed by atoms with Crippen LogP contribution in [0.4, 0.5) is 0 Å². The van der Waals surface area contributed by atoms with E-state index in [1.807, 2.05) is 32.0 Å². The highest BCUT2D eigenvalue weighted by molar-refractivity contribution is 5.78. The Bertz CT molecular complexity index is 408. The van der Waals surface area contributed by atoms with Gasteiger partial charge in [0.15, 0.2) is 5.60 Å². The second kappa shape index (κ2) is 4.26. The predicted octanol–water partition coefficient (Wildman–Crippen LogP) is 2.24. The van der Waals surface area contributed by atoms with Gasteiger partial charge in [0.05, 0.1) is 0 Å². The van der Waals surface area contributed by atoms with E-state index in [1.165, 1.54) is 6.92 Å². The monoisotopic (exact) mass is 222 g/mol. The molecule has 1 aromatic rings. The number of aliphatic hydroxyl groups is 1. The summed E-state index contributed by atoms with van der Waals surface area (Å²) in [5, 5.41) is 18.8. The Morgan fingerprint density at radius 1 is 1.31 bits per heavy atom. The van der Waals surface area contributed by atoms with Crippen molar-refractivity contribution in [2.45, 2.75) is 39.2 Å². The molecule has 16 heavy (non-hydrogen) atoms. The first kappa shape index (κ1) is 12.7. The van der Waals surface area contributed by atoms with Crippen LogP contribution in [0.25, 0.3) is 0 Å². The molecule has 0 bridgehead atoms. The molecule has 0 aliphatic heterocycles. The van der Waals surface area contributed by atoms with Crippen molar-refractivity contribution in [3.63, 3.8) is 0 Å². The maximum absolute atomic E-state index is 10.9. The topological polar surface area (TPSA) is 57.5 Å². The van der Waals surface area contributed by atoms with E-state index in [9.17, 15) is 9.90 Å². The molecule has 2 N–H and O–H groups in total. The molecule has 1 rings (SSSR count). The maximum atomic E-state index is 10.9. The van der Waals surface area contributed by atoms with Crippen LogP contribution < -0.4 is 0 Å². The first-order valence-corrected chi connectivity index (χ1v) is 5.29. The van der Waals surface area contributed by atoms with Gasteiger partial charge in [-0.15, -0.1) is 0 Å². The van der Waals surface area contributed by atoms with Crippen LogP contribution in [0.1, 0.15) is 36.5 Å². The van der Waals surface area contributed by atoms with E-state index < -0.39 is 17.5 Å². The first-order chi connectivity index (χ1) is 7.26. The van der Waals surface area contributed by atoms with E-state index in [2.05, 4.69) is 0 Å². The third-order valence-corrected chi connectivity index (χ3v) is 3.31. The Morgan fingerprint density at radius 3 is 2.31 bits per heavy atom. The standard InChI is InChI=1S/C13H18O3/c1-8-5-6-11(7-9(8)2)10(3)13(4,16)12(14)15/h5-7,10,16H,1-4H3,(H,14,15). The lowest BCUT2D eigenvalue weighted by Crippen LogP contribution is -2.40. The van der Waals surface area contributed by atoms with Crippen molar-refractivity contribution in [1.29, 1.82) is 0 Å². The highest BCUT2D eigenvalue weighted by Crippen LogP contribution is 2.29. The minimum absolute atomic E-state index is 0.440. The number of aryl methyl sites for hydroxylation is 2. The van der Waals surface area contributed by atoms with Crippen LogP contribution in [0.15, 0.2) is 18.2 Å². The molecule has 1 aromatic carbocycles. The number of carbonyl (C=O) groups is 1. The number of hydrogen-bond donors (Lipinski definition) is 2. The lowest BCUT2D eigenvalue weighted by molar-refractivity contribution is -0.158. The Balaban J connectivity index is 3.10. The summed E-state index contributed by atoms with van der Waals surface area (Å²) >= 11 is 0. The fraction of sp³-hybridized carbons (Fsp3) is 0.462. The van der Waals surface area contributed by atoms with E-state index in [0.717, 1.165) is 16.7 Å². The van der Waals surface area contributed by atoms with Crippen molar-refractivity contribution in [1.82, 2.24) is 0 Å². The first-order valence-electron chi connectivity index (χ1n) is 5.29. The summed E-state index contributed by atoms with van der Waals surface area (Å²) < 4.78 is 0. The van der Waals surface area contributed by atoms with Crippen LogP contribution in [0.5, 0.6) is 0 Å². The fourth-order valence-electron chi connectivity index (χ4n) is 1.54. The average Bonchev–Trinajstić information content (AvgIpc) is 2.20. The van der Waals surface area contributed by atoms with Crippen LogP contribution in [0.3, 0.4) is 0 Å². The van der Waals surface area contributed by atoms with E-state index in [-0.39, 0.29) is 0 Å². The molecule has 0 saturated heterocycles. The number of carboxylic acids is 1. The van der Waals surface area contributed by atoms with Crippen LogP contribution in [0, 0.1) is 13.8 Å². The van der Waals surface area contributed by atoms with Crippen LogP contribution in [0.2, 0.25) is 0 Å². The van der Waals surface area contributed by atoms with Crippen molar-refractivity contribution >= 4 is 5.97 Å². The van der Waals surface area contributed by atoms with Gasteiger partial charge in [-0.2, -0.15) is 0 Å². The Kier molecular flexibility index (Phi) is 3.38. The van der Waals surface area contributed by atoms with Crippen molar-refractivity contribution in [2.24, 2.45) is 0 Å². The zero-order valence-corrected chi connectivity index (χ0v) is 10.1. The van der Waals surface area contributed by atoms with Crippen LogP contribution in [-0.2, 0) is 4.79 Å². The Morgan fingerprint density at radius 2 is 1.88 bits per heavy atom. The normalized spacial score (nSPS) is 16.6. The van der Waals surface area contributed by atoms with Crippen LogP contribution >= 0.6 is 0 Å². The highest BCUT2D eigenvalue weighted by atomic mass is 16.4. The Labute approximate surface area is 95.7 Å². The molecule has 0 aliphatic rings. The number of aliphatic carboxylic acids is 1. The molecule has 0 fully saturated rings. The average molecular weight is 222 g/mol. The van der Waals surface area contributed by atoms with Crippen LogP contribution in [-0.4, -0.2) is 21.8 Å². The highest BCUT2D eigenvalue weighted by Gasteiger charge is 2.37. The van der Waals surface area contributed by atoms with Gasteiger partial charge in [0.25, 0.3) is 0 Å². The zero-order valence-electron chi connectivity index (χ0n) is 10.1. The molecule has 0 heterocycles. The number of rotatable bonds is 3. The minimum Gasteiger partial charge on any atom is -0.479 e. The van der Waals surface area contributed by atoms with E-state index >= 15 is 0 Å². The van der Waals surface area contributed by atoms with Gasteiger partial charge >= 0.3 is 5.97 Å². The minimum atomic E-state index is -1.73. The molecule has 2 unspecified atom stereocenters. The summed E-state index contributed by atoms with van der Waals surface area (Å²) in [5.41, 5.74) is 1.37. The van der Waals surface area contributed by atoms with E-state index in [1.54, 1.807) is 6.92 Å². The largest absolute Gasteiger partial charge is 0.479 e. The molecule has 0 saturated carbocycles. The summed E-state index contributed by atoms with van der Waals surface area (Å²) in [7, 11) is 0. The van der Waals surface area contributed by atoms with Gasteiger partial charge < -0.3 is 10.2 Å². The molecule has 0 aromatic heterocycles. The number of carboxylic acid groups (broad SMARTS) is 1.